The number of fused-ring (bicyclic) bond motifs is 1. The van der Waals surface area contributed by atoms with Crippen LogP contribution in [0, 0.1) is 11.3 Å². The Kier molecular flexibility index (Phi) is 1.65. The van der Waals surface area contributed by atoms with Crippen LogP contribution in [0.1, 0.15) is 26.2 Å². The third kappa shape index (κ3) is 0.959. The fourth-order valence-electron chi connectivity index (χ4n) is 2.46. The minimum Gasteiger partial charge on any atom is -0.466 e. The summed E-state index contributed by atoms with van der Waals surface area (Å²) in [7, 11) is 0. The van der Waals surface area contributed by atoms with Gasteiger partial charge in [0.05, 0.1) is 12.0 Å². The summed E-state index contributed by atoms with van der Waals surface area (Å²) in [5, 5.41) is 0. The minimum absolute atomic E-state index is 0.0112. The van der Waals surface area contributed by atoms with Gasteiger partial charge in [0.1, 0.15) is 0 Å². The van der Waals surface area contributed by atoms with Gasteiger partial charge in [-0.15, -0.1) is 0 Å². The molecule has 68 valence electrons. The summed E-state index contributed by atoms with van der Waals surface area (Å²) < 4.78 is 5.02. The number of esters is 1. The smallest absolute Gasteiger partial charge is 0.312 e. The van der Waals surface area contributed by atoms with Gasteiger partial charge >= 0.3 is 5.97 Å². The maximum absolute atomic E-state index is 11.5. The highest BCUT2D eigenvalue weighted by molar-refractivity contribution is 5.81. The number of ether oxygens (including phenoxy) is 1. The van der Waals surface area contributed by atoms with E-state index in [-0.39, 0.29) is 17.4 Å². The second-order valence-electron chi connectivity index (χ2n) is 3.98. The molecule has 2 fully saturated rings. The van der Waals surface area contributed by atoms with Gasteiger partial charge in [-0.3, -0.25) is 4.79 Å². The van der Waals surface area contributed by atoms with Gasteiger partial charge in [0, 0.05) is 6.04 Å². The third-order valence-electron chi connectivity index (χ3n) is 3.13. The van der Waals surface area contributed by atoms with E-state index in [2.05, 4.69) is 0 Å². The Hall–Kier alpha value is -0.570. The number of rotatable bonds is 2. The minimum atomic E-state index is -0.143. The lowest BCUT2D eigenvalue weighted by molar-refractivity contribution is -0.150. The Bertz CT molecular complexity index is 217. The van der Waals surface area contributed by atoms with Gasteiger partial charge < -0.3 is 10.5 Å². The maximum atomic E-state index is 11.5. The van der Waals surface area contributed by atoms with Gasteiger partial charge in [-0.05, 0) is 32.1 Å². The van der Waals surface area contributed by atoms with Crippen LogP contribution in [0.2, 0.25) is 0 Å². The van der Waals surface area contributed by atoms with Crippen LogP contribution in [0.15, 0.2) is 0 Å². The van der Waals surface area contributed by atoms with Crippen molar-refractivity contribution in [3.8, 4) is 0 Å². The average Bonchev–Trinajstić information content (AvgIpc) is 2.57. The molecule has 0 aromatic heterocycles. The summed E-state index contributed by atoms with van der Waals surface area (Å²) in [4.78, 5) is 11.5. The van der Waals surface area contributed by atoms with Crippen LogP contribution < -0.4 is 5.73 Å². The molecule has 0 bridgehead atoms. The van der Waals surface area contributed by atoms with Gasteiger partial charge in [0.15, 0.2) is 0 Å². The van der Waals surface area contributed by atoms with E-state index < -0.39 is 0 Å². The Morgan fingerprint density at radius 3 is 2.92 bits per heavy atom. The predicted octanol–water partition coefficient (Wildman–Crippen LogP) is 0.677. The zero-order valence-electron chi connectivity index (χ0n) is 7.38. The molecule has 0 aromatic rings. The second kappa shape index (κ2) is 2.46. The first kappa shape index (κ1) is 8.05. The van der Waals surface area contributed by atoms with Crippen molar-refractivity contribution in [2.75, 3.05) is 6.61 Å². The van der Waals surface area contributed by atoms with E-state index >= 15 is 0 Å². The van der Waals surface area contributed by atoms with Gasteiger partial charge in [-0.2, -0.15) is 0 Å². The summed E-state index contributed by atoms with van der Waals surface area (Å²) in [5.74, 6) is 0.523. The summed E-state index contributed by atoms with van der Waals surface area (Å²) >= 11 is 0. The molecule has 3 atom stereocenters. The lowest BCUT2D eigenvalue weighted by Crippen LogP contribution is -2.24. The highest BCUT2D eigenvalue weighted by atomic mass is 16.5. The zero-order valence-corrected chi connectivity index (χ0v) is 7.38. The Morgan fingerprint density at radius 1 is 1.67 bits per heavy atom. The zero-order chi connectivity index (χ0) is 8.77. The van der Waals surface area contributed by atoms with E-state index in [0.29, 0.717) is 12.5 Å². The summed E-state index contributed by atoms with van der Waals surface area (Å²) in [6, 6.07) is 0.230. The first-order valence-corrected chi connectivity index (χ1v) is 4.62. The van der Waals surface area contributed by atoms with E-state index in [1.807, 2.05) is 6.92 Å². The Balaban J connectivity index is 2.01. The molecular formula is C9H15NO2. The van der Waals surface area contributed by atoms with E-state index in [1.54, 1.807) is 0 Å². The van der Waals surface area contributed by atoms with E-state index in [1.165, 1.54) is 0 Å². The predicted molar refractivity (Wildman–Crippen MR) is 44.4 cm³/mol. The van der Waals surface area contributed by atoms with Crippen molar-refractivity contribution in [2.24, 2.45) is 17.1 Å². The fraction of sp³-hybridized carbons (Fsp3) is 0.889. The molecular weight excluding hydrogens is 154 g/mol. The molecule has 3 nitrogen and oxygen atoms in total. The van der Waals surface area contributed by atoms with E-state index in [0.717, 1.165) is 19.3 Å². The summed E-state index contributed by atoms with van der Waals surface area (Å²) in [6.45, 7) is 2.34. The molecule has 2 rings (SSSR count). The molecule has 0 spiro atoms. The molecule has 0 aliphatic heterocycles. The van der Waals surface area contributed by atoms with Crippen molar-refractivity contribution in [2.45, 2.75) is 32.2 Å². The largest absolute Gasteiger partial charge is 0.466 e. The normalized spacial score (nSPS) is 43.8. The number of hydrogen-bond donors (Lipinski definition) is 1. The molecule has 2 aliphatic carbocycles. The number of nitrogens with two attached hydrogens (primary N) is 1. The van der Waals surface area contributed by atoms with Gasteiger partial charge in [0.2, 0.25) is 0 Å². The highest BCUT2D eigenvalue weighted by Gasteiger charge is 2.65. The molecule has 0 radical (unpaired) electrons. The Morgan fingerprint density at radius 2 is 2.42 bits per heavy atom. The Labute approximate surface area is 72.3 Å². The summed E-state index contributed by atoms with van der Waals surface area (Å²) in [6.07, 6.45) is 2.87. The van der Waals surface area contributed by atoms with Crippen molar-refractivity contribution in [3.05, 3.63) is 0 Å². The fourth-order valence-corrected chi connectivity index (χ4v) is 2.46. The molecule has 0 aromatic carbocycles. The molecule has 2 N–H and O–H groups in total. The van der Waals surface area contributed by atoms with Crippen LogP contribution >= 0.6 is 0 Å². The van der Waals surface area contributed by atoms with Crippen molar-refractivity contribution in [3.63, 3.8) is 0 Å². The second-order valence-corrected chi connectivity index (χ2v) is 3.98. The van der Waals surface area contributed by atoms with Crippen molar-refractivity contribution >= 4 is 5.97 Å². The number of carbonyl (C=O) groups excluding carboxylic acids is 1. The molecule has 12 heavy (non-hydrogen) atoms. The lowest BCUT2D eigenvalue weighted by atomic mass is 10.0. The van der Waals surface area contributed by atoms with Crippen LogP contribution in [-0.2, 0) is 9.53 Å². The first-order chi connectivity index (χ1) is 5.69. The quantitative estimate of drug-likeness (QED) is 0.618. The monoisotopic (exact) mass is 169 g/mol. The number of carbonyl (C=O) groups is 1. The van der Waals surface area contributed by atoms with Crippen LogP contribution in [0.4, 0.5) is 0 Å². The van der Waals surface area contributed by atoms with Gasteiger partial charge in [-0.1, -0.05) is 0 Å². The van der Waals surface area contributed by atoms with Crippen LogP contribution in [0.5, 0.6) is 0 Å². The average molecular weight is 169 g/mol. The topological polar surface area (TPSA) is 52.3 Å². The standard InChI is InChI=1S/C9H15NO2/c1-2-12-8(11)9-4-6(9)3-7(10)5-9/h6-7H,2-5,10H2,1H3/t6-,7+,9+/m1/s1. The first-order valence-electron chi connectivity index (χ1n) is 4.62. The molecule has 0 unspecified atom stereocenters. The molecule has 3 heteroatoms. The van der Waals surface area contributed by atoms with Crippen LogP contribution in [0.3, 0.4) is 0 Å². The van der Waals surface area contributed by atoms with Gasteiger partial charge in [-0.25, -0.2) is 0 Å². The summed E-state index contributed by atoms with van der Waals surface area (Å²) in [5.41, 5.74) is 5.62. The SMILES string of the molecule is CCOC(=O)[C@@]12C[C@@H](N)C[C@@H]1C2. The maximum Gasteiger partial charge on any atom is 0.312 e. The molecule has 0 heterocycles. The van der Waals surface area contributed by atoms with Crippen LogP contribution in [0.25, 0.3) is 0 Å². The molecule has 0 amide bonds. The number of hydrogen-bond acceptors (Lipinski definition) is 3. The molecule has 0 saturated heterocycles. The van der Waals surface area contributed by atoms with Crippen molar-refractivity contribution in [1.29, 1.82) is 0 Å². The lowest BCUT2D eigenvalue weighted by Gasteiger charge is -2.11. The van der Waals surface area contributed by atoms with Crippen molar-refractivity contribution in [1.82, 2.24) is 0 Å². The van der Waals surface area contributed by atoms with Crippen LogP contribution in [-0.4, -0.2) is 18.6 Å². The molecule has 2 saturated carbocycles. The molecule has 2 aliphatic rings. The van der Waals surface area contributed by atoms with E-state index in [4.69, 9.17) is 10.5 Å². The van der Waals surface area contributed by atoms with E-state index in [9.17, 15) is 4.79 Å². The van der Waals surface area contributed by atoms with Gasteiger partial charge in [0.25, 0.3) is 0 Å². The third-order valence-corrected chi connectivity index (χ3v) is 3.13. The van der Waals surface area contributed by atoms with Crippen molar-refractivity contribution < 1.29 is 9.53 Å². The highest BCUT2D eigenvalue weighted by Crippen LogP contribution is 2.63.